The van der Waals surface area contributed by atoms with E-state index in [1.165, 1.54) is 0 Å². The normalized spacial score (nSPS) is 14.8. The molecule has 0 spiro atoms. The molecule has 1 amide bonds. The molecule has 6 nitrogen and oxygen atoms in total. The first-order valence-corrected chi connectivity index (χ1v) is 8.84. The summed E-state index contributed by atoms with van der Waals surface area (Å²) in [6.45, 7) is 7.26. The maximum absolute atomic E-state index is 12.5. The number of carbonyl (C=O) groups excluding carboxylic acids is 1. The molecular weight excluding hydrogens is 326 g/mol. The fraction of sp³-hybridized carbons (Fsp3) is 0.400. The molecule has 2 aromatic rings. The number of aryl methyl sites for hydroxylation is 3. The molecule has 2 aromatic heterocycles. The summed E-state index contributed by atoms with van der Waals surface area (Å²) < 4.78 is 0. The molecule has 0 saturated carbocycles. The van der Waals surface area contributed by atoms with E-state index in [1.54, 1.807) is 6.20 Å². The average Bonchev–Trinajstić information content (AvgIpc) is 2.63. The number of piperidine rings is 1. The van der Waals surface area contributed by atoms with Crippen LogP contribution in [0.1, 0.15) is 35.4 Å². The van der Waals surface area contributed by atoms with Gasteiger partial charge in [-0.15, -0.1) is 0 Å². The van der Waals surface area contributed by atoms with Crippen molar-refractivity contribution in [3.05, 3.63) is 46.9 Å². The first kappa shape index (κ1) is 17.9. The van der Waals surface area contributed by atoms with Crippen LogP contribution in [0.25, 0.3) is 0 Å². The van der Waals surface area contributed by atoms with Crippen molar-refractivity contribution in [1.82, 2.24) is 9.97 Å². The van der Waals surface area contributed by atoms with Crippen molar-refractivity contribution >= 4 is 17.4 Å². The Morgan fingerprint density at radius 1 is 1.27 bits per heavy atom. The first-order valence-electron chi connectivity index (χ1n) is 8.84. The lowest BCUT2D eigenvalue weighted by molar-refractivity contribution is -0.120. The highest BCUT2D eigenvalue weighted by atomic mass is 16.1. The van der Waals surface area contributed by atoms with Crippen molar-refractivity contribution < 1.29 is 4.79 Å². The summed E-state index contributed by atoms with van der Waals surface area (Å²) in [6, 6.07) is 7.99. The maximum atomic E-state index is 12.5. The molecule has 3 rings (SSSR count). The molecule has 0 atom stereocenters. The van der Waals surface area contributed by atoms with E-state index in [-0.39, 0.29) is 11.8 Å². The monoisotopic (exact) mass is 349 g/mol. The molecule has 3 heterocycles. The molecule has 0 aromatic carbocycles. The highest BCUT2D eigenvalue weighted by molar-refractivity contribution is 5.91. The van der Waals surface area contributed by atoms with Crippen LogP contribution < -0.4 is 10.2 Å². The van der Waals surface area contributed by atoms with E-state index < -0.39 is 0 Å². The van der Waals surface area contributed by atoms with Gasteiger partial charge in [-0.05, 0) is 51.3 Å². The highest BCUT2D eigenvalue weighted by Gasteiger charge is 2.27. The first-order chi connectivity index (χ1) is 12.5. The Balaban J connectivity index is 1.65. The van der Waals surface area contributed by atoms with Gasteiger partial charge in [0, 0.05) is 30.9 Å². The van der Waals surface area contributed by atoms with Gasteiger partial charge in [0.15, 0.2) is 0 Å². The van der Waals surface area contributed by atoms with E-state index in [2.05, 4.69) is 26.3 Å². The van der Waals surface area contributed by atoms with Gasteiger partial charge in [-0.3, -0.25) is 9.78 Å². The lowest BCUT2D eigenvalue weighted by atomic mass is 9.95. The van der Waals surface area contributed by atoms with Crippen molar-refractivity contribution in [1.29, 1.82) is 5.26 Å². The molecule has 0 aliphatic carbocycles. The van der Waals surface area contributed by atoms with Gasteiger partial charge in [0.25, 0.3) is 0 Å². The zero-order valence-electron chi connectivity index (χ0n) is 15.4. The van der Waals surface area contributed by atoms with Crippen molar-refractivity contribution in [2.24, 2.45) is 5.92 Å². The quantitative estimate of drug-likeness (QED) is 0.920. The van der Waals surface area contributed by atoms with Crippen LogP contribution in [0.2, 0.25) is 0 Å². The van der Waals surface area contributed by atoms with Gasteiger partial charge in [-0.25, -0.2) is 4.98 Å². The van der Waals surface area contributed by atoms with E-state index in [0.717, 1.165) is 48.6 Å². The Morgan fingerprint density at radius 3 is 2.62 bits per heavy atom. The number of nitrogens with one attached hydrogen (secondary N) is 1. The second-order valence-electron chi connectivity index (χ2n) is 6.83. The number of anilines is 2. The van der Waals surface area contributed by atoms with E-state index in [9.17, 15) is 10.1 Å². The Kier molecular flexibility index (Phi) is 5.17. The number of hydrogen-bond acceptors (Lipinski definition) is 5. The van der Waals surface area contributed by atoms with E-state index >= 15 is 0 Å². The van der Waals surface area contributed by atoms with Gasteiger partial charge < -0.3 is 10.2 Å². The molecular formula is C20H23N5O. The Labute approximate surface area is 153 Å². The topological polar surface area (TPSA) is 81.9 Å². The molecule has 1 aliphatic heterocycles. The van der Waals surface area contributed by atoms with Crippen LogP contribution in [0, 0.1) is 38.0 Å². The molecule has 6 heteroatoms. The van der Waals surface area contributed by atoms with Crippen LogP contribution in [-0.2, 0) is 4.79 Å². The minimum atomic E-state index is -0.0380. The van der Waals surface area contributed by atoms with Gasteiger partial charge in [0.05, 0.1) is 16.9 Å². The highest BCUT2D eigenvalue weighted by Crippen LogP contribution is 2.28. The number of rotatable bonds is 3. The summed E-state index contributed by atoms with van der Waals surface area (Å²) in [4.78, 5) is 23.3. The smallest absolute Gasteiger partial charge is 0.228 e. The molecule has 134 valence electrons. The Hall–Kier alpha value is -2.94. The van der Waals surface area contributed by atoms with E-state index in [4.69, 9.17) is 0 Å². The molecule has 0 unspecified atom stereocenters. The summed E-state index contributed by atoms with van der Waals surface area (Å²) in [5, 5.41) is 12.4. The van der Waals surface area contributed by atoms with Crippen molar-refractivity contribution in [3.8, 4) is 6.07 Å². The number of nitriles is 1. The van der Waals surface area contributed by atoms with Gasteiger partial charge in [-0.2, -0.15) is 5.26 Å². The fourth-order valence-electron chi connectivity index (χ4n) is 3.35. The average molecular weight is 349 g/mol. The minimum absolute atomic E-state index is 0.0172. The standard InChI is InChI=1S/C20H23N5O/c1-13-4-5-19(22-12-13)24-20(26)16-6-8-25(9-7-16)18-10-14(2)23-15(3)17(18)11-21/h4-5,10,12,16H,6-9H2,1-3H3,(H,22,24,26). The molecule has 1 fully saturated rings. The summed E-state index contributed by atoms with van der Waals surface area (Å²) in [7, 11) is 0. The molecule has 1 aliphatic rings. The van der Waals surface area contributed by atoms with Gasteiger partial charge >= 0.3 is 0 Å². The third kappa shape index (κ3) is 3.83. The molecule has 0 radical (unpaired) electrons. The summed E-state index contributed by atoms with van der Waals surface area (Å²) in [6.07, 6.45) is 3.25. The van der Waals surface area contributed by atoms with Crippen molar-refractivity contribution in [3.63, 3.8) is 0 Å². The van der Waals surface area contributed by atoms with Crippen LogP contribution in [0.4, 0.5) is 11.5 Å². The number of amides is 1. The number of hydrogen-bond donors (Lipinski definition) is 1. The van der Waals surface area contributed by atoms with Crippen molar-refractivity contribution in [2.45, 2.75) is 33.6 Å². The van der Waals surface area contributed by atoms with E-state index in [1.807, 2.05) is 39.0 Å². The largest absolute Gasteiger partial charge is 0.370 e. The maximum Gasteiger partial charge on any atom is 0.228 e. The Morgan fingerprint density at radius 2 is 2.00 bits per heavy atom. The van der Waals surface area contributed by atoms with Crippen LogP contribution in [-0.4, -0.2) is 29.0 Å². The summed E-state index contributed by atoms with van der Waals surface area (Å²) in [5.41, 5.74) is 4.28. The second-order valence-corrected chi connectivity index (χ2v) is 6.83. The van der Waals surface area contributed by atoms with Gasteiger partial charge in [-0.1, -0.05) is 6.07 Å². The fourth-order valence-corrected chi connectivity index (χ4v) is 3.35. The summed E-state index contributed by atoms with van der Waals surface area (Å²) >= 11 is 0. The van der Waals surface area contributed by atoms with Crippen LogP contribution in [0.15, 0.2) is 24.4 Å². The predicted octanol–water partition coefficient (Wildman–Crippen LogP) is 3.13. The van der Waals surface area contributed by atoms with Crippen LogP contribution >= 0.6 is 0 Å². The zero-order valence-corrected chi connectivity index (χ0v) is 15.4. The predicted molar refractivity (Wildman–Crippen MR) is 101 cm³/mol. The lowest BCUT2D eigenvalue weighted by Gasteiger charge is -2.33. The number of carbonyl (C=O) groups is 1. The van der Waals surface area contributed by atoms with E-state index in [0.29, 0.717) is 11.4 Å². The molecule has 26 heavy (non-hydrogen) atoms. The van der Waals surface area contributed by atoms with Gasteiger partial charge in [0.2, 0.25) is 5.91 Å². The third-order valence-electron chi connectivity index (χ3n) is 4.79. The van der Waals surface area contributed by atoms with Crippen molar-refractivity contribution in [2.75, 3.05) is 23.3 Å². The number of pyridine rings is 2. The molecule has 1 N–H and O–H groups in total. The SMILES string of the molecule is Cc1ccc(NC(=O)C2CCN(c3cc(C)nc(C)c3C#N)CC2)nc1. The lowest BCUT2D eigenvalue weighted by Crippen LogP contribution is -2.38. The molecule has 0 bridgehead atoms. The second kappa shape index (κ2) is 7.52. The molecule has 1 saturated heterocycles. The van der Waals surface area contributed by atoms with Crippen LogP contribution in [0.5, 0.6) is 0 Å². The zero-order chi connectivity index (χ0) is 18.7. The van der Waals surface area contributed by atoms with Crippen LogP contribution in [0.3, 0.4) is 0 Å². The number of aromatic nitrogens is 2. The number of nitrogens with zero attached hydrogens (tertiary/aromatic N) is 4. The summed E-state index contributed by atoms with van der Waals surface area (Å²) in [5.74, 6) is 0.572. The van der Waals surface area contributed by atoms with Gasteiger partial charge in [0.1, 0.15) is 11.9 Å². The third-order valence-corrected chi connectivity index (χ3v) is 4.79. The minimum Gasteiger partial charge on any atom is -0.370 e. The Bertz CT molecular complexity index is 846.